The Morgan fingerprint density at radius 3 is 2.32 bits per heavy atom. The molecule has 1 fully saturated rings. The first-order chi connectivity index (χ1) is 23.9. The summed E-state index contributed by atoms with van der Waals surface area (Å²) < 4.78 is 89.6. The van der Waals surface area contributed by atoms with Crippen LogP contribution in [-0.4, -0.2) is 61.7 Å². The van der Waals surface area contributed by atoms with Crippen LogP contribution in [0.5, 0.6) is 0 Å². The lowest BCUT2D eigenvalue weighted by Gasteiger charge is -2.46. The number of halogens is 6. The van der Waals surface area contributed by atoms with Crippen LogP contribution in [0.4, 0.5) is 32.0 Å². The van der Waals surface area contributed by atoms with Crippen molar-refractivity contribution in [1.82, 2.24) is 20.6 Å². The third-order valence-corrected chi connectivity index (χ3v) is 7.80. The molecule has 0 unspecified atom stereocenters. The number of hydrogen-bond donors (Lipinski definition) is 3. The summed E-state index contributed by atoms with van der Waals surface area (Å²) in [5.74, 6) is -0.814. The second-order valence-corrected chi connectivity index (χ2v) is 11.4. The van der Waals surface area contributed by atoms with E-state index in [0.717, 1.165) is 0 Å². The largest absolute Gasteiger partial charge is 0.455 e. The van der Waals surface area contributed by atoms with Gasteiger partial charge in [-0.1, -0.05) is 12.1 Å². The van der Waals surface area contributed by atoms with E-state index in [0.29, 0.717) is 17.4 Å². The van der Waals surface area contributed by atoms with Crippen LogP contribution in [0, 0.1) is 5.82 Å². The number of carbonyl (C=O) groups excluding carboxylic acids is 2. The zero-order chi connectivity index (χ0) is 36.1. The van der Waals surface area contributed by atoms with Gasteiger partial charge in [-0.25, -0.2) is 14.4 Å². The Morgan fingerprint density at radius 1 is 1.02 bits per heavy atom. The minimum atomic E-state index is -4.58. The molecular formula is C35H31F6N5O4. The van der Waals surface area contributed by atoms with Gasteiger partial charge in [0.1, 0.15) is 29.2 Å². The molecule has 5 aromatic rings. The topological polar surface area (TPSA) is 118 Å². The van der Waals surface area contributed by atoms with E-state index in [9.17, 15) is 35.9 Å². The molecule has 50 heavy (non-hydrogen) atoms. The minimum absolute atomic E-state index is 0.00405. The fraction of sp³-hybridized carbons (Fsp3) is 0.257. The molecule has 262 valence electrons. The number of fused-ring (bicyclic) bond motifs is 1. The smallest absolute Gasteiger partial charge is 0.405 e. The lowest BCUT2D eigenvalue weighted by molar-refractivity contribution is -0.198. The number of nitrogens with zero attached hydrogens (tertiary/aromatic N) is 2. The zero-order valence-corrected chi connectivity index (χ0v) is 26.7. The highest BCUT2D eigenvalue weighted by molar-refractivity contribution is 6.06. The number of nitrogens with one attached hydrogen (secondary N) is 3. The molecule has 6 rings (SSSR count). The van der Waals surface area contributed by atoms with Crippen LogP contribution in [0.2, 0.25) is 0 Å². The number of furan rings is 1. The predicted molar refractivity (Wildman–Crippen MR) is 173 cm³/mol. The van der Waals surface area contributed by atoms with Gasteiger partial charge in [-0.2, -0.15) is 22.0 Å². The maximum absolute atomic E-state index is 13.6. The molecule has 1 amide bonds. The quantitative estimate of drug-likeness (QED) is 0.102. The van der Waals surface area contributed by atoms with Crippen LogP contribution < -0.4 is 16.0 Å². The van der Waals surface area contributed by atoms with E-state index in [1.807, 2.05) is 14.1 Å². The fourth-order valence-corrected chi connectivity index (χ4v) is 5.64. The molecule has 3 aromatic carbocycles. The highest BCUT2D eigenvalue weighted by Crippen LogP contribution is 2.43. The van der Waals surface area contributed by atoms with Crippen molar-refractivity contribution in [2.45, 2.75) is 37.3 Å². The highest BCUT2D eigenvalue weighted by atomic mass is 19.4. The predicted octanol–water partition coefficient (Wildman–Crippen LogP) is 7.35. The lowest BCUT2D eigenvalue weighted by atomic mass is 9.73. The number of alkyl halides is 5. The van der Waals surface area contributed by atoms with Gasteiger partial charge < -0.3 is 25.1 Å². The SMILES string of the molecule is CNC.O=Cc1c(-c2ccc(F)cc2)oc2cc(NCC(F)(F)F)c(-c3cccc(C(=O)NC4(c5ncccn5)CC(OC(F)F)C4)c3)cc12. The summed E-state index contributed by atoms with van der Waals surface area (Å²) >= 11 is 0. The Kier molecular flexibility index (Phi) is 10.9. The molecule has 3 N–H and O–H groups in total. The van der Waals surface area contributed by atoms with Crippen molar-refractivity contribution in [3.63, 3.8) is 0 Å². The van der Waals surface area contributed by atoms with E-state index >= 15 is 0 Å². The first-order valence-electron chi connectivity index (χ1n) is 15.2. The van der Waals surface area contributed by atoms with Gasteiger partial charge in [-0.05, 0) is 68.2 Å². The van der Waals surface area contributed by atoms with Gasteiger partial charge in [0.05, 0.1) is 11.7 Å². The number of rotatable bonds is 10. The summed E-state index contributed by atoms with van der Waals surface area (Å²) in [6, 6.07) is 15.6. The van der Waals surface area contributed by atoms with E-state index in [1.54, 1.807) is 12.1 Å². The minimum Gasteiger partial charge on any atom is -0.455 e. The zero-order valence-electron chi connectivity index (χ0n) is 26.7. The maximum Gasteiger partial charge on any atom is 0.405 e. The number of hydrogen-bond acceptors (Lipinski definition) is 8. The summed E-state index contributed by atoms with van der Waals surface area (Å²) in [5.41, 5.74) is 0.0340. The van der Waals surface area contributed by atoms with Gasteiger partial charge in [-0.15, -0.1) is 0 Å². The van der Waals surface area contributed by atoms with Gasteiger partial charge in [0.2, 0.25) is 0 Å². The number of aromatic nitrogens is 2. The monoisotopic (exact) mass is 699 g/mol. The average Bonchev–Trinajstić information content (AvgIpc) is 3.43. The van der Waals surface area contributed by atoms with Crippen LogP contribution in [0.25, 0.3) is 33.4 Å². The number of amides is 1. The Labute approximate surface area is 282 Å². The number of anilines is 1. The molecule has 0 saturated heterocycles. The second kappa shape index (κ2) is 15.1. The number of aldehydes is 1. The molecular weight excluding hydrogens is 668 g/mol. The average molecular weight is 700 g/mol. The van der Waals surface area contributed by atoms with Crippen molar-refractivity contribution in [3.8, 4) is 22.5 Å². The van der Waals surface area contributed by atoms with Crippen molar-refractivity contribution in [2.75, 3.05) is 26.0 Å². The maximum atomic E-state index is 13.6. The van der Waals surface area contributed by atoms with E-state index < -0.39 is 42.7 Å². The molecule has 0 atom stereocenters. The molecule has 1 saturated carbocycles. The van der Waals surface area contributed by atoms with Gasteiger partial charge in [0.25, 0.3) is 5.91 Å². The van der Waals surface area contributed by atoms with E-state index in [1.165, 1.54) is 67.0 Å². The summed E-state index contributed by atoms with van der Waals surface area (Å²) in [6.07, 6.45) is -2.01. The summed E-state index contributed by atoms with van der Waals surface area (Å²) in [5, 5.41) is 8.23. The molecule has 15 heteroatoms. The molecule has 1 aliphatic carbocycles. The molecule has 2 heterocycles. The summed E-state index contributed by atoms with van der Waals surface area (Å²) in [7, 11) is 3.75. The third kappa shape index (κ3) is 8.12. The van der Waals surface area contributed by atoms with Crippen LogP contribution >= 0.6 is 0 Å². The van der Waals surface area contributed by atoms with Crippen molar-refractivity contribution in [3.05, 3.63) is 102 Å². The standard InChI is InChI=1S/C33H24F6N4O4.C2H7N/c34-21-7-5-18(6-8-21)28-25(16-44)24-12-23(26(13-27(24)47-28)42-17-33(37,38)39)19-3-1-4-20(11-19)29(45)43-32(30-40-9-2-10-41-30)14-22(15-32)46-31(35)36;1-3-2/h1-13,16,22,31,42H,14-15,17H2,(H,43,45);3H,1-2H3. The van der Waals surface area contributed by atoms with Crippen LogP contribution in [0.15, 0.2) is 83.5 Å². The van der Waals surface area contributed by atoms with Gasteiger partial charge in [0, 0.05) is 59.1 Å². The lowest BCUT2D eigenvalue weighted by Crippen LogP contribution is -2.58. The molecule has 0 radical (unpaired) electrons. The van der Waals surface area contributed by atoms with E-state index in [4.69, 9.17) is 4.42 Å². The van der Waals surface area contributed by atoms with Crippen LogP contribution in [-0.2, 0) is 10.3 Å². The molecule has 1 aliphatic rings. The van der Waals surface area contributed by atoms with Crippen molar-refractivity contribution in [1.29, 1.82) is 0 Å². The number of ether oxygens (including phenoxy) is 1. The first kappa shape index (κ1) is 36.0. The summed E-state index contributed by atoms with van der Waals surface area (Å²) in [4.78, 5) is 34.2. The Morgan fingerprint density at radius 2 is 1.70 bits per heavy atom. The highest BCUT2D eigenvalue weighted by Gasteiger charge is 2.50. The number of carbonyl (C=O) groups is 2. The fourth-order valence-electron chi connectivity index (χ4n) is 5.64. The molecule has 0 aliphatic heterocycles. The molecule has 0 spiro atoms. The first-order valence-corrected chi connectivity index (χ1v) is 15.2. The van der Waals surface area contributed by atoms with Crippen LogP contribution in [0.3, 0.4) is 0 Å². The molecule has 2 aromatic heterocycles. The summed E-state index contributed by atoms with van der Waals surface area (Å²) in [6.45, 7) is -4.39. The Balaban J connectivity index is 0.00000156. The third-order valence-electron chi connectivity index (χ3n) is 7.80. The van der Waals surface area contributed by atoms with Gasteiger partial charge in [0.15, 0.2) is 12.1 Å². The Hall–Kier alpha value is -5.28. The van der Waals surface area contributed by atoms with Crippen molar-refractivity contribution in [2.24, 2.45) is 0 Å². The van der Waals surface area contributed by atoms with Crippen LogP contribution in [0.1, 0.15) is 39.4 Å². The van der Waals surface area contributed by atoms with Crippen molar-refractivity contribution >= 4 is 28.8 Å². The van der Waals surface area contributed by atoms with Gasteiger partial charge in [-0.3, -0.25) is 9.59 Å². The Bertz CT molecular complexity index is 1950. The molecule has 0 bridgehead atoms. The van der Waals surface area contributed by atoms with Crippen molar-refractivity contribution < 1.29 is 45.1 Å². The number of benzene rings is 3. The van der Waals surface area contributed by atoms with E-state index in [2.05, 4.69) is 30.7 Å². The second-order valence-electron chi connectivity index (χ2n) is 11.4. The van der Waals surface area contributed by atoms with E-state index in [-0.39, 0.29) is 57.8 Å². The molecule has 9 nitrogen and oxygen atoms in total. The normalized spacial score (nSPS) is 17.1. The van der Waals surface area contributed by atoms with Gasteiger partial charge >= 0.3 is 12.8 Å².